The second kappa shape index (κ2) is 4.06. The second-order valence-electron chi connectivity index (χ2n) is 3.51. The zero-order chi connectivity index (χ0) is 9.90. The van der Waals surface area contributed by atoms with Crippen LogP contribution in [0.1, 0.15) is 19.3 Å². The number of rotatable bonds is 2. The number of methoxy groups -OCH3 is 1. The Bertz CT molecular complexity index is 219. The van der Waals surface area contributed by atoms with Crippen molar-refractivity contribution in [3.05, 3.63) is 12.2 Å². The zero-order valence-corrected chi connectivity index (χ0v) is 10.3. The van der Waals surface area contributed by atoms with Crippen LogP contribution in [0.25, 0.3) is 0 Å². The Hall–Kier alpha value is -0.613. The van der Waals surface area contributed by atoms with Crippen LogP contribution in [-0.4, -0.2) is 35.2 Å². The van der Waals surface area contributed by atoms with Gasteiger partial charge in [-0.05, 0) is 19.3 Å². The van der Waals surface area contributed by atoms with Crippen LogP contribution in [0.2, 0.25) is 0 Å². The molecule has 0 aliphatic carbocycles. The topological polar surface area (TPSA) is 35.5 Å². The molecule has 0 aromatic heterocycles. The van der Waals surface area contributed by atoms with Crippen LogP contribution >= 0.6 is 0 Å². The lowest BCUT2D eigenvalue weighted by Gasteiger charge is -2.34. The third kappa shape index (κ3) is 2.19. The van der Waals surface area contributed by atoms with Crippen LogP contribution in [0, 0.1) is 0 Å². The normalized spacial score (nSPS) is 28.4. The van der Waals surface area contributed by atoms with Gasteiger partial charge in [0.05, 0.1) is 17.9 Å². The molecule has 1 fully saturated rings. The van der Waals surface area contributed by atoms with E-state index < -0.39 is 0 Å². The predicted molar refractivity (Wildman–Crippen MR) is 53.6 cm³/mol. The predicted octanol–water partition coefficient (Wildman–Crippen LogP) is -0.0222. The van der Waals surface area contributed by atoms with Gasteiger partial charge in [-0.3, -0.25) is 0 Å². The molecule has 0 aromatic rings. The van der Waals surface area contributed by atoms with Crippen molar-refractivity contribution in [2.75, 3.05) is 13.7 Å². The van der Waals surface area contributed by atoms with Gasteiger partial charge in [0.2, 0.25) is 0 Å². The van der Waals surface area contributed by atoms with Crippen LogP contribution in [0.5, 0.6) is 0 Å². The fourth-order valence-corrected chi connectivity index (χ4v) is 2.27. The number of hydrogen-bond acceptors (Lipinski definition) is 3. The molecule has 1 atom stereocenters. The third-order valence-corrected chi connectivity index (χ3v) is 3.93. The molecule has 74 valence electrons. The van der Waals surface area contributed by atoms with E-state index in [1.807, 2.05) is 0 Å². The zero-order valence-electron chi connectivity index (χ0n) is 8.26. The molecule has 1 unspecified atom stereocenters. The van der Waals surface area contributed by atoms with Crippen molar-refractivity contribution < 1.29 is 14.3 Å². The lowest BCUT2D eigenvalue weighted by molar-refractivity contribution is -0.138. The standard InChI is InChI=1S/C9H16O3Si/c1-7(8(10)11-2)9(13)5-3-4-6-12-9/h1,3-6H2,2,13H3. The summed E-state index contributed by atoms with van der Waals surface area (Å²) in [4.78, 5) is 11.2. The molecule has 1 rings (SSSR count). The highest BCUT2D eigenvalue weighted by atomic mass is 28.1. The van der Waals surface area contributed by atoms with Crippen LogP contribution < -0.4 is 0 Å². The average molecular weight is 200 g/mol. The van der Waals surface area contributed by atoms with E-state index in [0.717, 1.165) is 36.1 Å². The molecule has 0 N–H and O–H groups in total. The number of carbonyl (C=O) groups excluding carboxylic acids is 1. The van der Waals surface area contributed by atoms with E-state index >= 15 is 0 Å². The van der Waals surface area contributed by atoms with E-state index in [2.05, 4.69) is 11.3 Å². The highest BCUT2D eigenvalue weighted by Crippen LogP contribution is 2.28. The maximum absolute atomic E-state index is 11.2. The Morgan fingerprint density at radius 3 is 2.77 bits per heavy atom. The van der Waals surface area contributed by atoms with Crippen molar-refractivity contribution in [1.82, 2.24) is 0 Å². The second-order valence-corrected chi connectivity index (χ2v) is 5.12. The lowest BCUT2D eigenvalue weighted by Crippen LogP contribution is -2.41. The molecule has 0 spiro atoms. The highest BCUT2D eigenvalue weighted by molar-refractivity contribution is 6.20. The van der Waals surface area contributed by atoms with Crippen molar-refractivity contribution in [3.63, 3.8) is 0 Å². The van der Waals surface area contributed by atoms with Gasteiger partial charge in [-0.1, -0.05) is 6.58 Å². The summed E-state index contributed by atoms with van der Waals surface area (Å²) in [6, 6.07) is 0. The van der Waals surface area contributed by atoms with Crippen molar-refractivity contribution in [3.8, 4) is 0 Å². The molecule has 0 aromatic carbocycles. The van der Waals surface area contributed by atoms with Gasteiger partial charge in [0.25, 0.3) is 0 Å². The summed E-state index contributed by atoms with van der Waals surface area (Å²) < 4.78 is 10.2. The first-order valence-electron chi connectivity index (χ1n) is 4.52. The molecule has 3 nitrogen and oxygen atoms in total. The molecule has 1 heterocycles. The van der Waals surface area contributed by atoms with Crippen molar-refractivity contribution in [1.29, 1.82) is 0 Å². The van der Waals surface area contributed by atoms with E-state index in [-0.39, 0.29) is 11.2 Å². The first kappa shape index (κ1) is 10.5. The first-order chi connectivity index (χ1) is 6.10. The molecule has 13 heavy (non-hydrogen) atoms. The Kier molecular flexibility index (Phi) is 3.27. The SMILES string of the molecule is C=C(C(=O)OC)C1([SiH3])CCCCO1. The van der Waals surface area contributed by atoms with Gasteiger partial charge >= 0.3 is 5.97 Å². The Balaban J connectivity index is 2.67. The van der Waals surface area contributed by atoms with Crippen molar-refractivity contribution in [2.24, 2.45) is 0 Å². The molecule has 0 amide bonds. The summed E-state index contributed by atoms with van der Waals surface area (Å²) in [5.41, 5.74) is 0.487. The van der Waals surface area contributed by atoms with E-state index in [1.54, 1.807) is 0 Å². The molecule has 1 aliphatic heterocycles. The maximum Gasteiger partial charge on any atom is 0.335 e. The largest absolute Gasteiger partial charge is 0.466 e. The van der Waals surface area contributed by atoms with Crippen LogP contribution in [0.15, 0.2) is 12.2 Å². The summed E-state index contributed by atoms with van der Waals surface area (Å²) in [5.74, 6) is -0.336. The van der Waals surface area contributed by atoms with E-state index in [9.17, 15) is 4.79 Å². The fourth-order valence-electron chi connectivity index (χ4n) is 1.51. The van der Waals surface area contributed by atoms with E-state index in [0.29, 0.717) is 5.57 Å². The number of carbonyl (C=O) groups is 1. The van der Waals surface area contributed by atoms with Gasteiger partial charge < -0.3 is 9.47 Å². The maximum atomic E-state index is 11.2. The quantitative estimate of drug-likeness (QED) is 0.357. The monoisotopic (exact) mass is 200 g/mol. The van der Waals surface area contributed by atoms with Crippen LogP contribution in [-0.2, 0) is 14.3 Å². The van der Waals surface area contributed by atoms with E-state index in [4.69, 9.17) is 4.74 Å². The number of hydrogen-bond donors (Lipinski definition) is 0. The Morgan fingerprint density at radius 2 is 2.31 bits per heavy atom. The minimum atomic E-state index is -0.370. The smallest absolute Gasteiger partial charge is 0.335 e. The van der Waals surface area contributed by atoms with Gasteiger partial charge in [-0.15, -0.1) is 0 Å². The molecular formula is C9H16O3Si. The summed E-state index contributed by atoms with van der Waals surface area (Å²) in [6.07, 6.45) is 3.10. The fraction of sp³-hybridized carbons (Fsp3) is 0.667. The molecule has 0 saturated carbocycles. The van der Waals surface area contributed by atoms with Gasteiger partial charge in [0.1, 0.15) is 0 Å². The lowest BCUT2D eigenvalue weighted by atomic mass is 10.0. The van der Waals surface area contributed by atoms with Gasteiger partial charge in [-0.25, -0.2) is 4.79 Å². The molecule has 0 bridgehead atoms. The van der Waals surface area contributed by atoms with E-state index in [1.165, 1.54) is 7.11 Å². The molecular weight excluding hydrogens is 184 g/mol. The highest BCUT2D eigenvalue weighted by Gasteiger charge is 2.34. The van der Waals surface area contributed by atoms with Crippen molar-refractivity contribution in [2.45, 2.75) is 24.5 Å². The minimum Gasteiger partial charge on any atom is -0.466 e. The third-order valence-electron chi connectivity index (χ3n) is 2.54. The van der Waals surface area contributed by atoms with Gasteiger partial charge in [0, 0.05) is 16.8 Å². The summed E-state index contributed by atoms with van der Waals surface area (Å²) >= 11 is 0. The minimum absolute atomic E-state index is 0.336. The van der Waals surface area contributed by atoms with Crippen molar-refractivity contribution >= 4 is 16.2 Å². The van der Waals surface area contributed by atoms with Gasteiger partial charge in [0.15, 0.2) is 0 Å². The molecule has 1 saturated heterocycles. The summed E-state index contributed by atoms with van der Waals surface area (Å²) in [6.45, 7) is 4.49. The average Bonchev–Trinajstić information content (AvgIpc) is 2.16. The summed E-state index contributed by atoms with van der Waals surface area (Å²) in [5, 5.41) is -0.370. The van der Waals surface area contributed by atoms with Gasteiger partial charge in [-0.2, -0.15) is 0 Å². The number of ether oxygens (including phenoxy) is 2. The molecule has 0 radical (unpaired) electrons. The first-order valence-corrected chi connectivity index (χ1v) is 5.52. The van der Waals surface area contributed by atoms with Crippen LogP contribution in [0.4, 0.5) is 0 Å². The Morgan fingerprint density at radius 1 is 1.62 bits per heavy atom. The number of esters is 1. The molecule has 1 aliphatic rings. The Labute approximate surface area is 81.5 Å². The molecule has 4 heteroatoms. The summed E-state index contributed by atoms with van der Waals surface area (Å²) in [7, 11) is 2.17. The van der Waals surface area contributed by atoms with Crippen LogP contribution in [0.3, 0.4) is 0 Å².